The fourth-order valence-corrected chi connectivity index (χ4v) is 2.62. The van der Waals surface area contributed by atoms with E-state index >= 15 is 0 Å². The van der Waals surface area contributed by atoms with Gasteiger partial charge in [0.15, 0.2) is 0 Å². The van der Waals surface area contributed by atoms with Crippen LogP contribution in [0.15, 0.2) is 0 Å². The van der Waals surface area contributed by atoms with Crippen molar-refractivity contribution in [1.82, 2.24) is 15.1 Å². The molecule has 1 atom stereocenters. The number of anilines is 1. The number of nitrogens with zero attached hydrogens (tertiary/aromatic N) is 2. The zero-order valence-corrected chi connectivity index (χ0v) is 12.5. The lowest BCUT2D eigenvalue weighted by atomic mass is 9.88. The number of hydrogen-bond donors (Lipinski definition) is 2. The van der Waals surface area contributed by atoms with Gasteiger partial charge in [0.05, 0.1) is 22.5 Å². The Morgan fingerprint density at radius 3 is 2.63 bits per heavy atom. The lowest BCUT2D eigenvalue weighted by Crippen LogP contribution is -2.35. The van der Waals surface area contributed by atoms with Gasteiger partial charge in [-0.2, -0.15) is 5.10 Å². The first-order valence-corrected chi connectivity index (χ1v) is 6.93. The smallest absolute Gasteiger partial charge is 0.231 e. The minimum atomic E-state index is -0.307. The molecule has 2 heterocycles. The zero-order chi connectivity index (χ0) is 14.2. The zero-order valence-electron chi connectivity index (χ0n) is 12.5. The number of amides is 1. The van der Waals surface area contributed by atoms with Crippen molar-refractivity contribution in [2.45, 2.75) is 47.1 Å². The first-order chi connectivity index (χ1) is 8.85. The third kappa shape index (κ3) is 2.52. The second-order valence-corrected chi connectivity index (χ2v) is 6.03. The molecule has 1 aromatic heterocycles. The predicted octanol–water partition coefficient (Wildman–Crippen LogP) is 2.02. The van der Waals surface area contributed by atoms with E-state index < -0.39 is 0 Å². The standard InChI is InChI=1S/C14H24N4O/c1-9(2)18-11(4)12(10(3)17-18)16-13(19)14(5)6-7-15-8-14/h9,15H,6-8H2,1-5H3,(H,16,19). The summed E-state index contributed by atoms with van der Waals surface area (Å²) in [6, 6.07) is 0.299. The van der Waals surface area contributed by atoms with Crippen LogP contribution in [0.5, 0.6) is 0 Å². The molecule has 2 rings (SSSR count). The van der Waals surface area contributed by atoms with Crippen LogP contribution in [0.2, 0.25) is 0 Å². The predicted molar refractivity (Wildman–Crippen MR) is 76.3 cm³/mol. The number of aryl methyl sites for hydroxylation is 1. The summed E-state index contributed by atoms with van der Waals surface area (Å²) in [6.45, 7) is 11.8. The molecule has 5 nitrogen and oxygen atoms in total. The SMILES string of the molecule is Cc1nn(C(C)C)c(C)c1NC(=O)C1(C)CCNC1. The second-order valence-electron chi connectivity index (χ2n) is 6.03. The number of aromatic nitrogens is 2. The van der Waals surface area contributed by atoms with Crippen LogP contribution in [0.1, 0.15) is 44.6 Å². The molecule has 0 spiro atoms. The minimum Gasteiger partial charge on any atom is -0.322 e. The van der Waals surface area contributed by atoms with Crippen molar-refractivity contribution < 1.29 is 4.79 Å². The van der Waals surface area contributed by atoms with E-state index in [1.54, 1.807) is 0 Å². The van der Waals surface area contributed by atoms with Gasteiger partial charge in [0.1, 0.15) is 0 Å². The topological polar surface area (TPSA) is 59.0 Å². The Hall–Kier alpha value is -1.36. The monoisotopic (exact) mass is 264 g/mol. The highest BCUT2D eigenvalue weighted by Crippen LogP contribution is 2.29. The van der Waals surface area contributed by atoms with E-state index in [-0.39, 0.29) is 11.3 Å². The van der Waals surface area contributed by atoms with Crippen LogP contribution in [-0.2, 0) is 4.79 Å². The Morgan fingerprint density at radius 1 is 1.47 bits per heavy atom. The summed E-state index contributed by atoms with van der Waals surface area (Å²) in [5.74, 6) is 0.0898. The van der Waals surface area contributed by atoms with E-state index in [2.05, 4.69) is 29.6 Å². The van der Waals surface area contributed by atoms with Crippen LogP contribution in [0.4, 0.5) is 5.69 Å². The fourth-order valence-electron chi connectivity index (χ4n) is 2.62. The van der Waals surface area contributed by atoms with Gasteiger partial charge in [-0.15, -0.1) is 0 Å². The van der Waals surface area contributed by atoms with E-state index in [1.165, 1.54) is 0 Å². The summed E-state index contributed by atoms with van der Waals surface area (Å²) in [6.07, 6.45) is 0.884. The van der Waals surface area contributed by atoms with Crippen LogP contribution >= 0.6 is 0 Å². The Kier molecular flexibility index (Phi) is 3.67. The van der Waals surface area contributed by atoms with Crippen LogP contribution in [0, 0.1) is 19.3 Å². The van der Waals surface area contributed by atoms with Crippen molar-refractivity contribution in [2.75, 3.05) is 18.4 Å². The lowest BCUT2D eigenvalue weighted by molar-refractivity contribution is -0.123. The number of rotatable bonds is 3. The largest absolute Gasteiger partial charge is 0.322 e. The highest BCUT2D eigenvalue weighted by atomic mass is 16.2. The van der Waals surface area contributed by atoms with Gasteiger partial charge in [0, 0.05) is 12.6 Å². The van der Waals surface area contributed by atoms with Gasteiger partial charge in [-0.25, -0.2) is 0 Å². The van der Waals surface area contributed by atoms with Crippen molar-refractivity contribution >= 4 is 11.6 Å². The molecule has 0 aromatic carbocycles. The Balaban J connectivity index is 2.22. The van der Waals surface area contributed by atoms with E-state index in [9.17, 15) is 4.79 Å². The van der Waals surface area contributed by atoms with Gasteiger partial charge in [-0.3, -0.25) is 9.48 Å². The van der Waals surface area contributed by atoms with Gasteiger partial charge in [-0.1, -0.05) is 0 Å². The molecular weight excluding hydrogens is 240 g/mol. The van der Waals surface area contributed by atoms with Gasteiger partial charge in [-0.05, 0) is 47.6 Å². The molecule has 5 heteroatoms. The van der Waals surface area contributed by atoms with Crippen molar-refractivity contribution in [3.63, 3.8) is 0 Å². The summed E-state index contributed by atoms with van der Waals surface area (Å²) in [4.78, 5) is 12.4. The van der Waals surface area contributed by atoms with Crippen LogP contribution in [0.3, 0.4) is 0 Å². The van der Waals surface area contributed by atoms with Gasteiger partial charge in [0.25, 0.3) is 0 Å². The summed E-state index contributed by atoms with van der Waals surface area (Å²) in [5.41, 5.74) is 2.47. The molecule has 0 radical (unpaired) electrons. The van der Waals surface area contributed by atoms with Gasteiger partial charge >= 0.3 is 0 Å². The van der Waals surface area contributed by atoms with Gasteiger partial charge in [0.2, 0.25) is 5.91 Å². The summed E-state index contributed by atoms with van der Waals surface area (Å²) in [5, 5.41) is 10.8. The third-order valence-corrected chi connectivity index (χ3v) is 3.97. The summed E-state index contributed by atoms with van der Waals surface area (Å²) < 4.78 is 1.96. The fraction of sp³-hybridized carbons (Fsp3) is 0.714. The molecule has 19 heavy (non-hydrogen) atoms. The molecule has 0 saturated carbocycles. The normalized spacial score (nSPS) is 23.1. The molecule has 1 aliphatic heterocycles. The number of carbonyl (C=O) groups is 1. The summed E-state index contributed by atoms with van der Waals surface area (Å²) in [7, 11) is 0. The average Bonchev–Trinajstić information content (AvgIpc) is 2.89. The van der Waals surface area contributed by atoms with Crippen molar-refractivity contribution in [2.24, 2.45) is 5.41 Å². The first kappa shape index (κ1) is 14.1. The van der Waals surface area contributed by atoms with E-state index in [0.717, 1.165) is 36.6 Å². The van der Waals surface area contributed by atoms with Crippen molar-refractivity contribution in [3.8, 4) is 0 Å². The third-order valence-electron chi connectivity index (χ3n) is 3.97. The maximum atomic E-state index is 12.4. The Morgan fingerprint density at radius 2 is 2.16 bits per heavy atom. The maximum Gasteiger partial charge on any atom is 0.231 e. The second kappa shape index (κ2) is 4.96. The number of hydrogen-bond acceptors (Lipinski definition) is 3. The molecule has 0 aliphatic carbocycles. The number of nitrogens with one attached hydrogen (secondary N) is 2. The van der Waals surface area contributed by atoms with Gasteiger partial charge < -0.3 is 10.6 Å². The first-order valence-electron chi connectivity index (χ1n) is 6.93. The van der Waals surface area contributed by atoms with Crippen molar-refractivity contribution in [3.05, 3.63) is 11.4 Å². The molecule has 1 aliphatic rings. The molecule has 1 aromatic rings. The molecule has 1 amide bonds. The highest BCUT2D eigenvalue weighted by Gasteiger charge is 2.37. The Labute approximate surface area is 114 Å². The van der Waals surface area contributed by atoms with E-state index in [4.69, 9.17) is 0 Å². The minimum absolute atomic E-state index is 0.0898. The lowest BCUT2D eigenvalue weighted by Gasteiger charge is -2.21. The Bertz CT molecular complexity index is 484. The molecule has 1 fully saturated rings. The highest BCUT2D eigenvalue weighted by molar-refractivity contribution is 5.96. The van der Waals surface area contributed by atoms with E-state index in [1.807, 2.05) is 25.5 Å². The molecule has 106 valence electrons. The van der Waals surface area contributed by atoms with E-state index in [0.29, 0.717) is 6.04 Å². The van der Waals surface area contributed by atoms with Crippen molar-refractivity contribution in [1.29, 1.82) is 0 Å². The van der Waals surface area contributed by atoms with Crippen LogP contribution in [0.25, 0.3) is 0 Å². The molecular formula is C14H24N4O. The quantitative estimate of drug-likeness (QED) is 0.878. The average molecular weight is 264 g/mol. The van der Waals surface area contributed by atoms with Crippen LogP contribution in [-0.4, -0.2) is 28.8 Å². The number of carbonyl (C=O) groups excluding carboxylic acids is 1. The molecule has 2 N–H and O–H groups in total. The maximum absolute atomic E-state index is 12.4. The molecule has 0 bridgehead atoms. The molecule has 1 saturated heterocycles. The molecule has 1 unspecified atom stereocenters. The van der Waals surface area contributed by atoms with Crippen LogP contribution < -0.4 is 10.6 Å². The summed E-state index contributed by atoms with van der Waals surface area (Å²) >= 11 is 0.